The molecule has 1 aliphatic rings. The van der Waals surface area contributed by atoms with Crippen LogP contribution in [0.1, 0.15) is 116 Å². The number of nitrogens with zero attached hydrogens (tertiary/aromatic N) is 1. The number of carbonyl (C=O) groups is 1. The highest BCUT2D eigenvalue weighted by Crippen LogP contribution is 2.14. The quantitative estimate of drug-likeness (QED) is 0.179. The van der Waals surface area contributed by atoms with Gasteiger partial charge in [0.05, 0.1) is 6.67 Å². The van der Waals surface area contributed by atoms with Crippen molar-refractivity contribution in [3.05, 3.63) is 12.2 Å². The Kier molecular flexibility index (Phi) is 16.6. The van der Waals surface area contributed by atoms with Crippen molar-refractivity contribution in [3.8, 4) is 0 Å². The summed E-state index contributed by atoms with van der Waals surface area (Å²) in [5.74, 6) is 0.385. The average molecular weight is 382 g/mol. The summed E-state index contributed by atoms with van der Waals surface area (Å²) in [5, 5.41) is 0. The molecule has 1 heterocycles. The zero-order valence-corrected chi connectivity index (χ0v) is 17.7. The fraction of sp³-hybridized carbons (Fsp3) is 0.875. The highest BCUT2D eigenvalue weighted by atomic mass is 19.1. The van der Waals surface area contributed by atoms with E-state index in [1.54, 1.807) is 0 Å². The Morgan fingerprint density at radius 3 is 1.63 bits per heavy atom. The summed E-state index contributed by atoms with van der Waals surface area (Å²) >= 11 is 0. The van der Waals surface area contributed by atoms with Crippen LogP contribution in [0.25, 0.3) is 0 Å². The van der Waals surface area contributed by atoms with Crippen molar-refractivity contribution >= 4 is 5.91 Å². The summed E-state index contributed by atoms with van der Waals surface area (Å²) in [6, 6.07) is 0. The topological polar surface area (TPSA) is 20.3 Å². The summed E-state index contributed by atoms with van der Waals surface area (Å²) < 4.78 is 11.9. The van der Waals surface area contributed by atoms with Gasteiger partial charge < -0.3 is 4.90 Å². The van der Waals surface area contributed by atoms with Crippen LogP contribution in [0.3, 0.4) is 0 Å². The maximum absolute atomic E-state index is 11.9. The van der Waals surface area contributed by atoms with Gasteiger partial charge in [0.15, 0.2) is 0 Å². The molecule has 0 aromatic heterocycles. The molecule has 0 aromatic carbocycles. The first-order valence-corrected chi connectivity index (χ1v) is 11.8. The summed E-state index contributed by atoms with van der Waals surface area (Å²) in [7, 11) is 0. The monoisotopic (exact) mass is 381 g/mol. The van der Waals surface area contributed by atoms with E-state index in [1.165, 1.54) is 89.9 Å². The van der Waals surface area contributed by atoms with E-state index in [4.69, 9.17) is 0 Å². The molecule has 0 unspecified atom stereocenters. The van der Waals surface area contributed by atoms with Gasteiger partial charge >= 0.3 is 0 Å². The predicted octanol–water partition coefficient (Wildman–Crippen LogP) is 7.38. The number of hydrogen-bond acceptors (Lipinski definition) is 1. The second-order valence-corrected chi connectivity index (χ2v) is 8.17. The smallest absolute Gasteiger partial charge is 0.222 e. The van der Waals surface area contributed by atoms with Gasteiger partial charge in [0.1, 0.15) is 0 Å². The van der Waals surface area contributed by atoms with Gasteiger partial charge in [-0.1, -0.05) is 69.9 Å². The normalized spacial score (nSPS) is 14.5. The molecule has 158 valence electrons. The number of allylic oxidation sites excluding steroid dienone is 2. The van der Waals surface area contributed by atoms with E-state index >= 15 is 0 Å². The number of carbonyl (C=O) groups excluding carboxylic acids is 1. The average Bonchev–Trinajstić information content (AvgIpc) is 3.22. The number of halogens is 1. The Morgan fingerprint density at radius 2 is 1.11 bits per heavy atom. The van der Waals surface area contributed by atoms with E-state index in [9.17, 15) is 9.18 Å². The zero-order chi connectivity index (χ0) is 19.4. The van der Waals surface area contributed by atoms with Crippen molar-refractivity contribution in [1.29, 1.82) is 0 Å². The third-order valence-corrected chi connectivity index (χ3v) is 5.64. The molecule has 2 nitrogen and oxygen atoms in total. The molecular formula is C24H44FNO. The first-order chi connectivity index (χ1) is 13.3. The zero-order valence-electron chi connectivity index (χ0n) is 17.7. The van der Waals surface area contributed by atoms with Crippen molar-refractivity contribution in [1.82, 2.24) is 4.90 Å². The van der Waals surface area contributed by atoms with E-state index in [0.717, 1.165) is 38.8 Å². The summed E-state index contributed by atoms with van der Waals surface area (Å²) in [6.45, 7) is 1.84. The van der Waals surface area contributed by atoms with Crippen molar-refractivity contribution in [2.24, 2.45) is 0 Å². The van der Waals surface area contributed by atoms with Crippen LogP contribution in [0.4, 0.5) is 4.39 Å². The molecule has 0 N–H and O–H groups in total. The van der Waals surface area contributed by atoms with E-state index in [2.05, 4.69) is 12.2 Å². The largest absolute Gasteiger partial charge is 0.343 e. The summed E-state index contributed by atoms with van der Waals surface area (Å²) in [4.78, 5) is 14.0. The van der Waals surface area contributed by atoms with Crippen LogP contribution in [0.5, 0.6) is 0 Å². The van der Waals surface area contributed by atoms with Crippen LogP contribution in [-0.4, -0.2) is 30.6 Å². The fourth-order valence-corrected chi connectivity index (χ4v) is 3.85. The lowest BCUT2D eigenvalue weighted by Gasteiger charge is -2.14. The minimum absolute atomic E-state index is 0.150. The number of likely N-dealkylation sites (tertiary alicyclic amines) is 1. The molecule has 0 saturated carbocycles. The molecule has 1 aliphatic heterocycles. The Labute approximate surface area is 168 Å². The minimum atomic E-state index is -0.150. The van der Waals surface area contributed by atoms with Crippen molar-refractivity contribution in [2.75, 3.05) is 19.8 Å². The molecular weight excluding hydrogens is 337 g/mol. The standard InChI is InChI=1S/C24H44FNO/c25-21-17-15-13-11-9-7-5-3-1-2-4-6-8-10-12-14-16-20-24(27)26-22-18-19-23-26/h1,3H,2,4-23H2/b3-1-. The lowest BCUT2D eigenvalue weighted by atomic mass is 10.1. The van der Waals surface area contributed by atoms with E-state index < -0.39 is 0 Å². The SMILES string of the molecule is O=C(CCCCCCCCC/C=C\CCCCCCCCF)N1CCCC1. The van der Waals surface area contributed by atoms with Crippen LogP contribution >= 0.6 is 0 Å². The van der Waals surface area contributed by atoms with E-state index in [0.29, 0.717) is 5.91 Å². The van der Waals surface area contributed by atoms with Crippen molar-refractivity contribution < 1.29 is 9.18 Å². The summed E-state index contributed by atoms with van der Waals surface area (Å²) in [6.07, 6.45) is 26.0. The van der Waals surface area contributed by atoms with Crippen LogP contribution in [-0.2, 0) is 4.79 Å². The van der Waals surface area contributed by atoms with Gasteiger partial charge in [-0.25, -0.2) is 0 Å². The van der Waals surface area contributed by atoms with E-state index in [1.807, 2.05) is 4.90 Å². The number of amides is 1. The molecule has 0 radical (unpaired) electrons. The molecule has 3 heteroatoms. The number of unbranched alkanes of at least 4 members (excludes halogenated alkanes) is 13. The van der Waals surface area contributed by atoms with Crippen LogP contribution in [0.15, 0.2) is 12.2 Å². The maximum atomic E-state index is 11.9. The Bertz CT molecular complexity index is 363. The Hall–Kier alpha value is -0.860. The molecule has 0 atom stereocenters. The van der Waals surface area contributed by atoms with Crippen LogP contribution in [0, 0.1) is 0 Å². The summed E-state index contributed by atoms with van der Waals surface area (Å²) in [5.41, 5.74) is 0. The van der Waals surface area contributed by atoms with Gasteiger partial charge in [0.25, 0.3) is 0 Å². The lowest BCUT2D eigenvalue weighted by Crippen LogP contribution is -2.27. The lowest BCUT2D eigenvalue weighted by molar-refractivity contribution is -0.130. The molecule has 0 bridgehead atoms. The number of rotatable bonds is 18. The molecule has 1 rings (SSSR count). The Morgan fingerprint density at radius 1 is 0.667 bits per heavy atom. The molecule has 0 aliphatic carbocycles. The van der Waals surface area contributed by atoms with Gasteiger partial charge in [-0.3, -0.25) is 9.18 Å². The first kappa shape index (κ1) is 24.2. The van der Waals surface area contributed by atoms with Gasteiger partial charge in [0.2, 0.25) is 5.91 Å². The second kappa shape index (κ2) is 18.5. The van der Waals surface area contributed by atoms with Gasteiger partial charge in [-0.15, -0.1) is 0 Å². The third-order valence-electron chi connectivity index (χ3n) is 5.64. The second-order valence-electron chi connectivity index (χ2n) is 8.17. The van der Waals surface area contributed by atoms with Crippen LogP contribution in [0.2, 0.25) is 0 Å². The first-order valence-electron chi connectivity index (χ1n) is 11.8. The molecule has 1 fully saturated rings. The molecule has 1 saturated heterocycles. The van der Waals surface area contributed by atoms with E-state index in [-0.39, 0.29) is 6.67 Å². The van der Waals surface area contributed by atoms with Crippen molar-refractivity contribution in [3.63, 3.8) is 0 Å². The van der Waals surface area contributed by atoms with Gasteiger partial charge in [-0.05, 0) is 51.4 Å². The number of alkyl halides is 1. The third kappa shape index (κ3) is 14.8. The number of hydrogen-bond donors (Lipinski definition) is 0. The maximum Gasteiger partial charge on any atom is 0.222 e. The van der Waals surface area contributed by atoms with Gasteiger partial charge in [0, 0.05) is 19.5 Å². The molecule has 1 amide bonds. The molecule has 0 aromatic rings. The highest BCUT2D eigenvalue weighted by molar-refractivity contribution is 5.76. The fourth-order valence-electron chi connectivity index (χ4n) is 3.85. The minimum Gasteiger partial charge on any atom is -0.343 e. The Balaban J connectivity index is 1.73. The molecule has 27 heavy (non-hydrogen) atoms. The van der Waals surface area contributed by atoms with Gasteiger partial charge in [-0.2, -0.15) is 0 Å². The highest BCUT2D eigenvalue weighted by Gasteiger charge is 2.16. The predicted molar refractivity (Wildman–Crippen MR) is 115 cm³/mol. The molecule has 0 spiro atoms. The van der Waals surface area contributed by atoms with Crippen molar-refractivity contribution in [2.45, 2.75) is 116 Å². The van der Waals surface area contributed by atoms with Crippen LogP contribution < -0.4 is 0 Å².